The molecule has 0 radical (unpaired) electrons. The van der Waals surface area contributed by atoms with Crippen LogP contribution in [0, 0.1) is 5.92 Å². The van der Waals surface area contributed by atoms with Crippen molar-refractivity contribution < 1.29 is 9.59 Å². The minimum absolute atomic E-state index is 0.00193. The summed E-state index contributed by atoms with van der Waals surface area (Å²) in [6.45, 7) is 0. The molecule has 1 aliphatic rings. The van der Waals surface area contributed by atoms with Gasteiger partial charge in [-0.1, -0.05) is 24.4 Å². The first-order valence-corrected chi connectivity index (χ1v) is 7.29. The number of carbonyl (C=O) groups is 2. The molecule has 0 aromatic heterocycles. The Hall–Kier alpha value is -1.55. The molecule has 2 N–H and O–H groups in total. The Morgan fingerprint density at radius 3 is 2.65 bits per heavy atom. The first-order chi connectivity index (χ1) is 9.60. The summed E-state index contributed by atoms with van der Waals surface area (Å²) >= 11 is 5.97. The molecule has 1 aromatic carbocycles. The predicted octanol–water partition coefficient (Wildman–Crippen LogP) is 3.22. The van der Waals surface area contributed by atoms with Gasteiger partial charge in [0.2, 0.25) is 5.91 Å². The van der Waals surface area contributed by atoms with E-state index in [1.165, 1.54) is 12.8 Å². The van der Waals surface area contributed by atoms with Crippen molar-refractivity contribution in [3.8, 4) is 0 Å². The van der Waals surface area contributed by atoms with Crippen LogP contribution in [0.25, 0.3) is 0 Å². The third-order valence-electron chi connectivity index (χ3n) is 3.67. The third-order valence-corrected chi connectivity index (χ3v) is 4.00. The van der Waals surface area contributed by atoms with Crippen molar-refractivity contribution in [1.29, 1.82) is 0 Å². The minimum Gasteiger partial charge on any atom is -0.355 e. The highest BCUT2D eigenvalue weighted by Gasteiger charge is 2.18. The highest BCUT2D eigenvalue weighted by atomic mass is 35.5. The lowest BCUT2D eigenvalue weighted by atomic mass is 10.0. The monoisotopic (exact) mass is 294 g/mol. The molecule has 1 fully saturated rings. The zero-order valence-corrected chi connectivity index (χ0v) is 12.3. The van der Waals surface area contributed by atoms with Crippen molar-refractivity contribution in [2.45, 2.75) is 32.1 Å². The number of anilines is 1. The average Bonchev–Trinajstić information content (AvgIpc) is 2.92. The van der Waals surface area contributed by atoms with Gasteiger partial charge in [-0.15, -0.1) is 0 Å². The second-order valence-electron chi connectivity index (χ2n) is 5.18. The van der Waals surface area contributed by atoms with Gasteiger partial charge in [-0.2, -0.15) is 0 Å². The van der Waals surface area contributed by atoms with Crippen molar-refractivity contribution in [3.63, 3.8) is 0 Å². The SMILES string of the molecule is CNC(=O)c1cc(NC(=O)CC2CCCC2)ccc1Cl. The highest BCUT2D eigenvalue weighted by molar-refractivity contribution is 6.34. The summed E-state index contributed by atoms with van der Waals surface area (Å²) in [6.07, 6.45) is 5.27. The summed E-state index contributed by atoms with van der Waals surface area (Å²) in [5.41, 5.74) is 0.976. The van der Waals surface area contributed by atoms with Gasteiger partial charge in [-0.3, -0.25) is 9.59 Å². The lowest BCUT2D eigenvalue weighted by Gasteiger charge is -2.11. The van der Waals surface area contributed by atoms with Crippen molar-refractivity contribution in [2.75, 3.05) is 12.4 Å². The van der Waals surface area contributed by atoms with Crippen LogP contribution in [0.15, 0.2) is 18.2 Å². The third kappa shape index (κ3) is 3.73. The van der Waals surface area contributed by atoms with Crippen molar-refractivity contribution in [1.82, 2.24) is 5.32 Å². The predicted molar refractivity (Wildman–Crippen MR) is 80.0 cm³/mol. The molecule has 0 bridgehead atoms. The molecule has 2 amide bonds. The van der Waals surface area contributed by atoms with Gasteiger partial charge in [-0.25, -0.2) is 0 Å². The van der Waals surface area contributed by atoms with Crippen LogP contribution in [0.1, 0.15) is 42.5 Å². The van der Waals surface area contributed by atoms with E-state index in [0.717, 1.165) is 12.8 Å². The fourth-order valence-electron chi connectivity index (χ4n) is 2.60. The Kier molecular flexibility index (Phi) is 5.01. The normalized spacial score (nSPS) is 15.1. The molecule has 2 rings (SSSR count). The van der Waals surface area contributed by atoms with Gasteiger partial charge >= 0.3 is 0 Å². The van der Waals surface area contributed by atoms with Gasteiger partial charge in [0.05, 0.1) is 10.6 Å². The second-order valence-corrected chi connectivity index (χ2v) is 5.58. The summed E-state index contributed by atoms with van der Waals surface area (Å²) in [5.74, 6) is 0.240. The first-order valence-electron chi connectivity index (χ1n) is 6.91. The molecule has 5 heteroatoms. The standard InChI is InChI=1S/C15H19ClN2O2/c1-17-15(20)12-9-11(6-7-13(12)16)18-14(19)8-10-4-2-3-5-10/h6-7,9-10H,2-5,8H2,1H3,(H,17,20)(H,18,19). The molecule has 0 saturated heterocycles. The Morgan fingerprint density at radius 1 is 1.30 bits per heavy atom. The van der Waals surface area contributed by atoms with Crippen LogP contribution in [0.5, 0.6) is 0 Å². The van der Waals surface area contributed by atoms with E-state index in [4.69, 9.17) is 11.6 Å². The zero-order chi connectivity index (χ0) is 14.5. The fraction of sp³-hybridized carbons (Fsp3) is 0.467. The molecule has 0 spiro atoms. The topological polar surface area (TPSA) is 58.2 Å². The van der Waals surface area contributed by atoms with E-state index in [1.807, 2.05) is 0 Å². The quantitative estimate of drug-likeness (QED) is 0.896. The van der Waals surface area contributed by atoms with Crippen molar-refractivity contribution >= 4 is 29.1 Å². The maximum atomic E-state index is 12.0. The number of carbonyl (C=O) groups excluding carboxylic acids is 2. The minimum atomic E-state index is -0.262. The lowest BCUT2D eigenvalue weighted by Crippen LogP contribution is -2.19. The van der Waals surface area contributed by atoms with Crippen LogP contribution in [0.3, 0.4) is 0 Å². The highest BCUT2D eigenvalue weighted by Crippen LogP contribution is 2.28. The Balaban J connectivity index is 2.01. The number of rotatable bonds is 4. The van der Waals surface area contributed by atoms with E-state index < -0.39 is 0 Å². The van der Waals surface area contributed by atoms with E-state index in [2.05, 4.69) is 10.6 Å². The number of hydrogen-bond donors (Lipinski definition) is 2. The van der Waals surface area contributed by atoms with Crippen LogP contribution < -0.4 is 10.6 Å². The van der Waals surface area contributed by atoms with Gasteiger partial charge in [0.1, 0.15) is 0 Å². The van der Waals surface area contributed by atoms with E-state index in [-0.39, 0.29) is 11.8 Å². The van der Waals surface area contributed by atoms with E-state index in [9.17, 15) is 9.59 Å². The summed E-state index contributed by atoms with van der Waals surface area (Å²) in [4.78, 5) is 23.6. The molecule has 4 nitrogen and oxygen atoms in total. The summed E-state index contributed by atoms with van der Waals surface area (Å²) in [6, 6.07) is 4.94. The zero-order valence-electron chi connectivity index (χ0n) is 11.5. The van der Waals surface area contributed by atoms with Crippen LogP contribution in [-0.4, -0.2) is 18.9 Å². The van der Waals surface area contributed by atoms with Gasteiger partial charge < -0.3 is 10.6 Å². The molecule has 108 valence electrons. The first kappa shape index (κ1) is 14.9. The van der Waals surface area contributed by atoms with Gasteiger partial charge in [-0.05, 0) is 37.0 Å². The lowest BCUT2D eigenvalue weighted by molar-refractivity contribution is -0.117. The molecule has 20 heavy (non-hydrogen) atoms. The fourth-order valence-corrected chi connectivity index (χ4v) is 2.80. The van der Waals surface area contributed by atoms with E-state index >= 15 is 0 Å². The maximum absolute atomic E-state index is 12.0. The Bertz CT molecular complexity index is 511. The smallest absolute Gasteiger partial charge is 0.252 e. The summed E-state index contributed by atoms with van der Waals surface area (Å²) in [5, 5.41) is 5.74. The largest absolute Gasteiger partial charge is 0.355 e. The second kappa shape index (κ2) is 6.75. The number of hydrogen-bond acceptors (Lipinski definition) is 2. The molecule has 1 aromatic rings. The molecule has 0 unspecified atom stereocenters. The van der Waals surface area contributed by atoms with Crippen LogP contribution in [0.4, 0.5) is 5.69 Å². The number of halogens is 1. The molecular weight excluding hydrogens is 276 g/mol. The summed E-state index contributed by atoms with van der Waals surface area (Å²) < 4.78 is 0. The number of nitrogens with one attached hydrogen (secondary N) is 2. The molecule has 0 aliphatic heterocycles. The van der Waals surface area contributed by atoms with Crippen molar-refractivity contribution in [3.05, 3.63) is 28.8 Å². The average molecular weight is 295 g/mol. The van der Waals surface area contributed by atoms with E-state index in [1.54, 1.807) is 25.2 Å². The Morgan fingerprint density at radius 2 is 2.00 bits per heavy atom. The number of amides is 2. The molecular formula is C15H19ClN2O2. The molecule has 1 saturated carbocycles. The number of benzene rings is 1. The molecule has 1 aliphatic carbocycles. The van der Waals surface area contributed by atoms with Gasteiger partial charge in [0.15, 0.2) is 0 Å². The maximum Gasteiger partial charge on any atom is 0.252 e. The van der Waals surface area contributed by atoms with Crippen LogP contribution in [0.2, 0.25) is 5.02 Å². The van der Waals surface area contributed by atoms with Gasteiger partial charge in [0.25, 0.3) is 5.91 Å². The van der Waals surface area contributed by atoms with E-state index in [0.29, 0.717) is 28.6 Å². The summed E-state index contributed by atoms with van der Waals surface area (Å²) in [7, 11) is 1.55. The van der Waals surface area contributed by atoms with Crippen LogP contribution >= 0.6 is 11.6 Å². The Labute approximate surface area is 123 Å². The van der Waals surface area contributed by atoms with Gasteiger partial charge in [0, 0.05) is 19.2 Å². The van der Waals surface area contributed by atoms with Crippen molar-refractivity contribution in [2.24, 2.45) is 5.92 Å². The van der Waals surface area contributed by atoms with Crippen LogP contribution in [-0.2, 0) is 4.79 Å². The molecule has 0 heterocycles. The molecule has 0 atom stereocenters.